The third kappa shape index (κ3) is 2.46. The molecule has 4 rings (SSSR count). The lowest BCUT2D eigenvalue weighted by atomic mass is 9.69. The largest absolute Gasteiger partial charge is 0.447 e. The van der Waals surface area contributed by atoms with Crippen LogP contribution in [0.25, 0.3) is 0 Å². The molecule has 0 radical (unpaired) electrons. The van der Waals surface area contributed by atoms with Gasteiger partial charge in [0.05, 0.1) is 12.5 Å². The molecule has 0 aromatic heterocycles. The first-order valence-electron chi connectivity index (χ1n) is 8.47. The van der Waals surface area contributed by atoms with Gasteiger partial charge in [0, 0.05) is 5.92 Å². The van der Waals surface area contributed by atoms with Crippen molar-refractivity contribution >= 4 is 12.0 Å². The maximum Gasteiger partial charge on any atom is 0.416 e. The van der Waals surface area contributed by atoms with E-state index < -0.39 is 6.09 Å². The van der Waals surface area contributed by atoms with E-state index >= 15 is 0 Å². The van der Waals surface area contributed by atoms with Crippen molar-refractivity contribution in [2.45, 2.75) is 25.2 Å². The minimum Gasteiger partial charge on any atom is -0.447 e. The summed E-state index contributed by atoms with van der Waals surface area (Å²) in [6, 6.07) is 10.2. The highest BCUT2D eigenvalue weighted by Gasteiger charge is 2.46. The molecular formula is C19H21NO3. The SMILES string of the molecule is O=C1OCCN1C(=O)[C@H]1[C@@H]2CCC[C@H]2C=C[C@H]1c1ccccc1. The van der Waals surface area contributed by atoms with Crippen LogP contribution in [0.15, 0.2) is 42.5 Å². The summed E-state index contributed by atoms with van der Waals surface area (Å²) in [5.41, 5.74) is 1.15. The quantitative estimate of drug-likeness (QED) is 0.787. The summed E-state index contributed by atoms with van der Waals surface area (Å²) in [6.45, 7) is 0.702. The van der Waals surface area contributed by atoms with Crippen molar-refractivity contribution in [3.8, 4) is 0 Å². The lowest BCUT2D eigenvalue weighted by molar-refractivity contribution is -0.134. The van der Waals surface area contributed by atoms with Crippen molar-refractivity contribution in [3.63, 3.8) is 0 Å². The maximum absolute atomic E-state index is 13.1. The zero-order chi connectivity index (χ0) is 15.8. The molecule has 0 spiro atoms. The number of benzene rings is 1. The molecule has 3 aliphatic rings. The number of carbonyl (C=O) groups excluding carboxylic acids is 2. The average Bonchev–Trinajstić information content (AvgIpc) is 3.22. The first-order valence-corrected chi connectivity index (χ1v) is 8.47. The van der Waals surface area contributed by atoms with Crippen molar-refractivity contribution < 1.29 is 14.3 Å². The van der Waals surface area contributed by atoms with E-state index in [0.29, 0.717) is 25.0 Å². The first-order chi connectivity index (χ1) is 11.3. The molecule has 4 atom stereocenters. The zero-order valence-corrected chi connectivity index (χ0v) is 13.1. The Kier molecular flexibility index (Phi) is 3.68. The Balaban J connectivity index is 1.70. The van der Waals surface area contributed by atoms with Crippen molar-refractivity contribution in [2.75, 3.05) is 13.2 Å². The Hall–Kier alpha value is -2.10. The van der Waals surface area contributed by atoms with Gasteiger partial charge in [0.15, 0.2) is 0 Å². The highest BCUT2D eigenvalue weighted by Crippen LogP contribution is 2.48. The van der Waals surface area contributed by atoms with E-state index in [2.05, 4.69) is 24.3 Å². The van der Waals surface area contributed by atoms with Crippen LogP contribution < -0.4 is 0 Å². The van der Waals surface area contributed by atoms with Crippen LogP contribution in [0, 0.1) is 17.8 Å². The average molecular weight is 311 g/mol. The van der Waals surface area contributed by atoms with E-state index in [1.54, 1.807) is 0 Å². The number of amides is 2. The Labute approximate surface area is 136 Å². The standard InChI is InChI=1S/C19H21NO3/c21-18(20-11-12-23-19(20)22)17-15-8-4-7-14(15)9-10-16(17)13-5-2-1-3-6-13/h1-3,5-6,9-10,14-17H,4,7-8,11-12H2/t14-,15+,16-,17-/m0/s1. The van der Waals surface area contributed by atoms with Crippen LogP contribution in [0.4, 0.5) is 4.79 Å². The zero-order valence-electron chi connectivity index (χ0n) is 13.1. The van der Waals surface area contributed by atoms with E-state index in [4.69, 9.17) is 4.74 Å². The second-order valence-corrected chi connectivity index (χ2v) is 6.71. The predicted molar refractivity (Wildman–Crippen MR) is 85.7 cm³/mol. The van der Waals surface area contributed by atoms with E-state index in [1.807, 2.05) is 18.2 Å². The highest BCUT2D eigenvalue weighted by molar-refractivity contribution is 5.95. The van der Waals surface area contributed by atoms with Crippen LogP contribution >= 0.6 is 0 Å². The summed E-state index contributed by atoms with van der Waals surface area (Å²) < 4.78 is 4.98. The van der Waals surface area contributed by atoms with Gasteiger partial charge in [0.1, 0.15) is 6.61 Å². The van der Waals surface area contributed by atoms with Crippen LogP contribution in [0.1, 0.15) is 30.7 Å². The summed E-state index contributed by atoms with van der Waals surface area (Å²) >= 11 is 0. The number of fused-ring (bicyclic) bond motifs is 1. The van der Waals surface area contributed by atoms with Gasteiger partial charge in [-0.3, -0.25) is 4.79 Å². The fourth-order valence-electron chi connectivity index (χ4n) is 4.45. The smallest absolute Gasteiger partial charge is 0.416 e. The minimum absolute atomic E-state index is 0.0523. The Morgan fingerprint density at radius 1 is 1.13 bits per heavy atom. The molecule has 2 aliphatic carbocycles. The molecule has 120 valence electrons. The van der Waals surface area contributed by atoms with Gasteiger partial charge in [-0.25, -0.2) is 9.69 Å². The molecule has 4 nitrogen and oxygen atoms in total. The molecule has 1 aromatic carbocycles. The van der Waals surface area contributed by atoms with Gasteiger partial charge in [-0.15, -0.1) is 0 Å². The van der Waals surface area contributed by atoms with Crippen molar-refractivity contribution in [3.05, 3.63) is 48.0 Å². The number of carbonyl (C=O) groups is 2. The summed E-state index contributed by atoms with van der Waals surface area (Å²) in [7, 11) is 0. The van der Waals surface area contributed by atoms with Crippen molar-refractivity contribution in [1.29, 1.82) is 0 Å². The molecule has 0 unspecified atom stereocenters. The number of imide groups is 1. The molecule has 1 aromatic rings. The van der Waals surface area contributed by atoms with Gasteiger partial charge >= 0.3 is 6.09 Å². The maximum atomic E-state index is 13.1. The summed E-state index contributed by atoms with van der Waals surface area (Å²) in [5, 5.41) is 0. The molecule has 1 aliphatic heterocycles. The van der Waals surface area contributed by atoms with Gasteiger partial charge in [0.25, 0.3) is 0 Å². The molecular weight excluding hydrogens is 290 g/mol. The lowest BCUT2D eigenvalue weighted by Gasteiger charge is -2.37. The van der Waals surface area contributed by atoms with E-state index in [9.17, 15) is 9.59 Å². The van der Waals surface area contributed by atoms with Gasteiger partial charge < -0.3 is 4.74 Å². The number of rotatable bonds is 2. The van der Waals surface area contributed by atoms with Gasteiger partial charge in [0.2, 0.25) is 5.91 Å². The fourth-order valence-corrected chi connectivity index (χ4v) is 4.45. The molecule has 0 N–H and O–H groups in total. The Bertz CT molecular complexity index is 639. The van der Waals surface area contributed by atoms with E-state index in [-0.39, 0.29) is 17.7 Å². The van der Waals surface area contributed by atoms with Crippen LogP contribution in [-0.2, 0) is 9.53 Å². The molecule has 1 saturated carbocycles. The van der Waals surface area contributed by atoms with E-state index in [0.717, 1.165) is 24.8 Å². The predicted octanol–water partition coefficient (Wildman–Crippen LogP) is 3.35. The number of hydrogen-bond donors (Lipinski definition) is 0. The fraction of sp³-hybridized carbons (Fsp3) is 0.474. The van der Waals surface area contributed by atoms with Crippen LogP contribution in [0.5, 0.6) is 0 Å². The normalized spacial score (nSPS) is 32.7. The molecule has 1 heterocycles. The van der Waals surface area contributed by atoms with Crippen LogP contribution in [-0.4, -0.2) is 30.1 Å². The third-order valence-corrected chi connectivity index (χ3v) is 5.54. The van der Waals surface area contributed by atoms with E-state index in [1.165, 1.54) is 4.90 Å². The second kappa shape index (κ2) is 5.84. The first kappa shape index (κ1) is 14.5. The molecule has 1 saturated heterocycles. The van der Waals surface area contributed by atoms with Crippen LogP contribution in [0.2, 0.25) is 0 Å². The summed E-state index contributed by atoms with van der Waals surface area (Å²) in [5.74, 6) is 0.660. The van der Waals surface area contributed by atoms with Crippen molar-refractivity contribution in [2.24, 2.45) is 17.8 Å². The summed E-state index contributed by atoms with van der Waals surface area (Å²) in [6.07, 6.45) is 7.38. The molecule has 23 heavy (non-hydrogen) atoms. The number of allylic oxidation sites excluding steroid dienone is 2. The monoisotopic (exact) mass is 311 g/mol. The molecule has 2 fully saturated rings. The minimum atomic E-state index is -0.481. The molecule has 4 heteroatoms. The number of ether oxygens (including phenoxy) is 1. The topological polar surface area (TPSA) is 46.6 Å². The van der Waals surface area contributed by atoms with Crippen molar-refractivity contribution in [1.82, 2.24) is 4.90 Å². The number of nitrogens with zero attached hydrogens (tertiary/aromatic N) is 1. The summed E-state index contributed by atoms with van der Waals surface area (Å²) in [4.78, 5) is 26.3. The van der Waals surface area contributed by atoms with Crippen LogP contribution in [0.3, 0.4) is 0 Å². The third-order valence-electron chi connectivity index (χ3n) is 5.54. The van der Waals surface area contributed by atoms with Gasteiger partial charge in [-0.05, 0) is 30.2 Å². The van der Waals surface area contributed by atoms with Gasteiger partial charge in [-0.2, -0.15) is 0 Å². The lowest BCUT2D eigenvalue weighted by Crippen LogP contribution is -2.44. The molecule has 0 bridgehead atoms. The Morgan fingerprint density at radius 3 is 2.70 bits per heavy atom. The molecule has 2 amide bonds. The highest BCUT2D eigenvalue weighted by atomic mass is 16.6. The van der Waals surface area contributed by atoms with Gasteiger partial charge in [-0.1, -0.05) is 48.9 Å². The second-order valence-electron chi connectivity index (χ2n) is 6.71. The Morgan fingerprint density at radius 2 is 1.96 bits per heavy atom. The number of cyclic esters (lactones) is 1. The number of hydrogen-bond acceptors (Lipinski definition) is 3.